The Morgan fingerprint density at radius 3 is 2.58 bits per heavy atom. The van der Waals surface area contributed by atoms with Gasteiger partial charge >= 0.3 is 5.97 Å². The fourth-order valence-corrected chi connectivity index (χ4v) is 1.81. The van der Waals surface area contributed by atoms with Crippen LogP contribution < -0.4 is 5.32 Å². The molecule has 1 rings (SSSR count). The molecule has 19 heavy (non-hydrogen) atoms. The molecule has 0 aliphatic heterocycles. The van der Waals surface area contributed by atoms with Crippen molar-refractivity contribution in [3.05, 3.63) is 29.8 Å². The molecule has 0 aliphatic carbocycles. The summed E-state index contributed by atoms with van der Waals surface area (Å²) in [5.74, 6) is -5.12. The first-order chi connectivity index (χ1) is 8.70. The van der Waals surface area contributed by atoms with Gasteiger partial charge < -0.3 is 10.4 Å². The van der Waals surface area contributed by atoms with Crippen LogP contribution in [0, 0.1) is 5.82 Å². The van der Waals surface area contributed by atoms with E-state index >= 15 is 0 Å². The molecule has 1 amide bonds. The number of hydrogen-bond donors (Lipinski definition) is 3. The summed E-state index contributed by atoms with van der Waals surface area (Å²) in [6.45, 7) is 0. The van der Waals surface area contributed by atoms with Gasteiger partial charge in [-0.15, -0.1) is 0 Å². The predicted octanol–water partition coefficient (Wildman–Crippen LogP) is -0.708. The number of carbonyl (C=O) groups is 2. The molecular weight excluding hydrogens is 283 g/mol. The first-order valence-electron chi connectivity index (χ1n) is 4.80. The van der Waals surface area contributed by atoms with Gasteiger partial charge in [0.05, 0.1) is 0 Å². The average Bonchev–Trinajstić information content (AvgIpc) is 2.26. The van der Waals surface area contributed by atoms with Gasteiger partial charge in [-0.3, -0.25) is 9.35 Å². The molecule has 0 saturated heterocycles. The van der Waals surface area contributed by atoms with Crippen LogP contribution >= 0.6 is 0 Å². The van der Waals surface area contributed by atoms with Crippen LogP contribution in [0.2, 0.25) is 0 Å². The van der Waals surface area contributed by atoms with Crippen LogP contribution in [0.15, 0.2) is 18.3 Å². The Bertz CT molecular complexity index is 602. The number of carboxylic acids is 1. The molecule has 0 bridgehead atoms. The van der Waals surface area contributed by atoms with E-state index in [1.807, 2.05) is 0 Å². The van der Waals surface area contributed by atoms with E-state index < -0.39 is 45.3 Å². The molecule has 0 spiro atoms. The second-order valence-corrected chi connectivity index (χ2v) is 4.94. The molecule has 1 aromatic heterocycles. The third-order valence-corrected chi connectivity index (χ3v) is 2.71. The predicted molar refractivity (Wildman–Crippen MR) is 59.5 cm³/mol. The van der Waals surface area contributed by atoms with Crippen LogP contribution in [-0.4, -0.2) is 46.7 Å². The van der Waals surface area contributed by atoms with Gasteiger partial charge in [-0.2, -0.15) is 8.42 Å². The molecule has 10 heteroatoms. The van der Waals surface area contributed by atoms with E-state index in [0.29, 0.717) is 0 Å². The summed E-state index contributed by atoms with van der Waals surface area (Å²) < 4.78 is 42.9. The van der Waals surface area contributed by atoms with Crippen molar-refractivity contribution in [2.24, 2.45) is 0 Å². The van der Waals surface area contributed by atoms with Crippen LogP contribution in [0.1, 0.15) is 10.5 Å². The number of rotatable bonds is 5. The number of carboxylic acid groups (broad SMARTS) is 1. The van der Waals surface area contributed by atoms with Crippen molar-refractivity contribution < 1.29 is 32.1 Å². The minimum Gasteiger partial charge on any atom is -0.480 e. The lowest BCUT2D eigenvalue weighted by atomic mass is 10.3. The number of nitrogens with one attached hydrogen (secondary N) is 1. The molecule has 0 aromatic carbocycles. The van der Waals surface area contributed by atoms with Gasteiger partial charge in [0.2, 0.25) is 0 Å². The Hall–Kier alpha value is -2.07. The monoisotopic (exact) mass is 292 g/mol. The lowest BCUT2D eigenvalue weighted by Gasteiger charge is -2.12. The van der Waals surface area contributed by atoms with E-state index in [-0.39, 0.29) is 0 Å². The fraction of sp³-hybridized carbons (Fsp3) is 0.222. The summed E-state index contributed by atoms with van der Waals surface area (Å²) in [7, 11) is -4.62. The number of aliphatic carboxylic acids is 1. The minimum absolute atomic E-state index is 0.677. The van der Waals surface area contributed by atoms with Crippen molar-refractivity contribution in [2.75, 3.05) is 5.75 Å². The summed E-state index contributed by atoms with van der Waals surface area (Å²) >= 11 is 0. The van der Waals surface area contributed by atoms with Crippen molar-refractivity contribution in [3.63, 3.8) is 0 Å². The van der Waals surface area contributed by atoms with Gasteiger partial charge in [0, 0.05) is 6.20 Å². The highest BCUT2D eigenvalue weighted by Crippen LogP contribution is 2.03. The molecular formula is C9H9FN2O6S. The smallest absolute Gasteiger partial charge is 0.327 e. The van der Waals surface area contributed by atoms with Crippen molar-refractivity contribution >= 4 is 22.0 Å². The topological polar surface area (TPSA) is 134 Å². The summed E-state index contributed by atoms with van der Waals surface area (Å²) in [5.41, 5.74) is -0.677. The fourth-order valence-electron chi connectivity index (χ4n) is 1.16. The highest BCUT2D eigenvalue weighted by molar-refractivity contribution is 7.85. The van der Waals surface area contributed by atoms with Gasteiger partial charge in [-0.05, 0) is 12.1 Å². The Morgan fingerprint density at radius 1 is 1.47 bits per heavy atom. The molecule has 0 saturated carbocycles. The number of pyridine rings is 1. The van der Waals surface area contributed by atoms with Gasteiger partial charge in [-0.1, -0.05) is 0 Å². The number of carbonyl (C=O) groups excluding carboxylic acids is 1. The SMILES string of the molecule is O=C(N[C@@H](CS(=O)(=O)O)C(=O)O)c1ncccc1F. The number of amides is 1. The number of aromatic nitrogens is 1. The zero-order valence-electron chi connectivity index (χ0n) is 9.28. The zero-order chi connectivity index (χ0) is 14.6. The standard InChI is InChI=1S/C9H9FN2O6S/c10-5-2-1-3-11-7(5)8(13)12-6(9(14)15)4-19(16,17)18/h1-3,6H,4H2,(H,12,13)(H,14,15)(H,16,17,18)/t6-/m0/s1. The summed E-state index contributed by atoms with van der Waals surface area (Å²) in [5, 5.41) is 10.4. The van der Waals surface area contributed by atoms with Crippen molar-refractivity contribution in [2.45, 2.75) is 6.04 Å². The van der Waals surface area contributed by atoms with Crippen molar-refractivity contribution in [1.29, 1.82) is 0 Å². The maximum Gasteiger partial charge on any atom is 0.327 e. The molecule has 1 atom stereocenters. The number of hydrogen-bond acceptors (Lipinski definition) is 5. The third-order valence-electron chi connectivity index (χ3n) is 1.95. The quantitative estimate of drug-likeness (QED) is 0.610. The third kappa shape index (κ3) is 4.60. The van der Waals surface area contributed by atoms with Gasteiger partial charge in [0.15, 0.2) is 11.5 Å². The Morgan fingerprint density at radius 2 is 2.11 bits per heavy atom. The Kier molecular flexibility index (Phi) is 4.51. The maximum atomic E-state index is 13.2. The van der Waals surface area contributed by atoms with E-state index in [9.17, 15) is 22.4 Å². The summed E-state index contributed by atoms with van der Waals surface area (Å²) in [4.78, 5) is 25.6. The molecule has 104 valence electrons. The Balaban J connectivity index is 2.89. The summed E-state index contributed by atoms with van der Waals surface area (Å²) in [6, 6.07) is 0.239. The van der Waals surface area contributed by atoms with E-state index in [1.54, 1.807) is 5.32 Å². The first kappa shape index (κ1) is 15.0. The highest BCUT2D eigenvalue weighted by Gasteiger charge is 2.27. The molecule has 1 aromatic rings. The normalized spacial score (nSPS) is 12.7. The Labute approximate surface area is 107 Å². The van der Waals surface area contributed by atoms with E-state index in [0.717, 1.165) is 12.3 Å². The molecule has 0 aliphatic rings. The van der Waals surface area contributed by atoms with Gasteiger partial charge in [-0.25, -0.2) is 14.2 Å². The number of nitrogens with zero attached hydrogens (tertiary/aromatic N) is 1. The zero-order valence-corrected chi connectivity index (χ0v) is 10.1. The largest absolute Gasteiger partial charge is 0.480 e. The summed E-state index contributed by atoms with van der Waals surface area (Å²) in [6.07, 6.45) is 1.11. The molecule has 1 heterocycles. The van der Waals surface area contributed by atoms with Crippen molar-refractivity contribution in [3.8, 4) is 0 Å². The maximum absolute atomic E-state index is 13.2. The first-order valence-corrected chi connectivity index (χ1v) is 6.41. The molecule has 0 unspecified atom stereocenters. The second-order valence-electron chi connectivity index (χ2n) is 3.45. The minimum atomic E-state index is -4.62. The molecule has 8 nitrogen and oxygen atoms in total. The van der Waals surface area contributed by atoms with Crippen LogP contribution in [0.25, 0.3) is 0 Å². The lowest BCUT2D eigenvalue weighted by molar-refractivity contribution is -0.138. The molecule has 0 radical (unpaired) electrons. The number of halogens is 1. The van der Waals surface area contributed by atoms with Crippen LogP contribution in [-0.2, 0) is 14.9 Å². The van der Waals surface area contributed by atoms with E-state index in [2.05, 4.69) is 4.98 Å². The van der Waals surface area contributed by atoms with E-state index in [1.165, 1.54) is 6.07 Å². The van der Waals surface area contributed by atoms with Gasteiger partial charge in [0.1, 0.15) is 11.8 Å². The highest BCUT2D eigenvalue weighted by atomic mass is 32.2. The van der Waals surface area contributed by atoms with E-state index in [4.69, 9.17) is 9.66 Å². The lowest BCUT2D eigenvalue weighted by Crippen LogP contribution is -2.45. The average molecular weight is 292 g/mol. The van der Waals surface area contributed by atoms with Crippen LogP contribution in [0.4, 0.5) is 4.39 Å². The van der Waals surface area contributed by atoms with Crippen LogP contribution in [0.5, 0.6) is 0 Å². The second kappa shape index (κ2) is 5.71. The molecule has 0 fully saturated rings. The molecule has 3 N–H and O–H groups in total. The van der Waals surface area contributed by atoms with Crippen molar-refractivity contribution in [1.82, 2.24) is 10.3 Å². The van der Waals surface area contributed by atoms with Crippen LogP contribution in [0.3, 0.4) is 0 Å². The van der Waals surface area contributed by atoms with Gasteiger partial charge in [0.25, 0.3) is 16.0 Å².